The molecule has 0 aromatic carbocycles. The molecule has 0 aliphatic rings. The van der Waals surface area contributed by atoms with Crippen LogP contribution in [0.4, 0.5) is 0 Å². The van der Waals surface area contributed by atoms with Crippen LogP contribution in [0.2, 0.25) is 0 Å². The first kappa shape index (κ1) is 12.1. The summed E-state index contributed by atoms with van der Waals surface area (Å²) >= 11 is 0. The Balaban J connectivity index is 2.53. The molecule has 5 nitrogen and oxygen atoms in total. The number of hydrogen-bond acceptors (Lipinski definition) is 4. The fourth-order valence-corrected chi connectivity index (χ4v) is 1.18. The minimum absolute atomic E-state index is 0.224. The number of tetrazole rings is 1. The number of aliphatic hydroxyl groups excluding tert-OH is 1. The normalized spacial score (nSPS) is 13.8. The van der Waals surface area contributed by atoms with E-state index in [4.69, 9.17) is 0 Å². The van der Waals surface area contributed by atoms with Crippen molar-refractivity contribution in [3.05, 3.63) is 5.82 Å². The highest BCUT2D eigenvalue weighted by Crippen LogP contribution is 2.06. The molecule has 1 heterocycles. The van der Waals surface area contributed by atoms with Gasteiger partial charge in [-0.3, -0.25) is 0 Å². The molecule has 0 aliphatic heterocycles. The first-order chi connectivity index (χ1) is 6.99. The Morgan fingerprint density at radius 2 is 1.93 bits per heavy atom. The maximum Gasteiger partial charge on any atom is 0.177 e. The number of aliphatic hydroxyl groups is 1. The fraction of sp³-hybridized carbons (Fsp3) is 0.900. The molecule has 15 heavy (non-hydrogen) atoms. The van der Waals surface area contributed by atoms with E-state index in [0.717, 1.165) is 6.54 Å². The van der Waals surface area contributed by atoms with Gasteiger partial charge in [0.15, 0.2) is 5.82 Å². The van der Waals surface area contributed by atoms with Crippen LogP contribution in [0.15, 0.2) is 0 Å². The predicted octanol–water partition coefficient (Wildman–Crippen LogP) is 0.888. The second-order valence-electron chi connectivity index (χ2n) is 4.67. The topological polar surface area (TPSA) is 63.8 Å². The van der Waals surface area contributed by atoms with E-state index in [2.05, 4.69) is 29.3 Å². The molecule has 0 radical (unpaired) electrons. The molecule has 5 heteroatoms. The lowest BCUT2D eigenvalue weighted by Crippen LogP contribution is -2.18. The minimum atomic E-state index is -0.387. The monoisotopic (exact) mass is 212 g/mol. The highest BCUT2D eigenvalue weighted by molar-refractivity contribution is 4.82. The summed E-state index contributed by atoms with van der Waals surface area (Å²) in [4.78, 5) is 1.59. The SMILES string of the molecule is CC(C)Cn1nnc(CC(O)C(C)C)n1. The van der Waals surface area contributed by atoms with Crippen LogP contribution in [0.25, 0.3) is 0 Å². The maximum atomic E-state index is 9.65. The molecule has 0 amide bonds. The molecule has 0 saturated heterocycles. The molecule has 86 valence electrons. The van der Waals surface area contributed by atoms with Gasteiger partial charge < -0.3 is 5.11 Å². The Kier molecular flexibility index (Phi) is 4.20. The van der Waals surface area contributed by atoms with Crippen molar-refractivity contribution < 1.29 is 5.11 Å². The Morgan fingerprint density at radius 1 is 1.27 bits per heavy atom. The summed E-state index contributed by atoms with van der Waals surface area (Å²) in [6.07, 6.45) is 0.0946. The highest BCUT2D eigenvalue weighted by Gasteiger charge is 2.13. The number of aromatic nitrogens is 4. The van der Waals surface area contributed by atoms with Gasteiger partial charge in [-0.2, -0.15) is 4.80 Å². The lowest BCUT2D eigenvalue weighted by molar-refractivity contribution is 0.123. The third-order valence-electron chi connectivity index (χ3n) is 2.18. The molecule has 1 atom stereocenters. The van der Waals surface area contributed by atoms with Gasteiger partial charge >= 0.3 is 0 Å². The van der Waals surface area contributed by atoms with Crippen LogP contribution >= 0.6 is 0 Å². The van der Waals surface area contributed by atoms with Crippen LogP contribution in [-0.2, 0) is 13.0 Å². The summed E-state index contributed by atoms with van der Waals surface area (Å²) in [7, 11) is 0. The molecule has 1 unspecified atom stereocenters. The third kappa shape index (κ3) is 3.95. The fourth-order valence-electron chi connectivity index (χ4n) is 1.18. The van der Waals surface area contributed by atoms with Gasteiger partial charge in [-0.25, -0.2) is 0 Å². The summed E-state index contributed by atoms with van der Waals surface area (Å²) in [6.45, 7) is 8.93. The summed E-state index contributed by atoms with van der Waals surface area (Å²) in [5, 5.41) is 21.7. The van der Waals surface area contributed by atoms with Crippen molar-refractivity contribution in [2.75, 3.05) is 0 Å². The molecular formula is C10H20N4O. The van der Waals surface area contributed by atoms with Gasteiger partial charge in [0.1, 0.15) is 0 Å². The Labute approximate surface area is 90.5 Å². The maximum absolute atomic E-state index is 9.65. The highest BCUT2D eigenvalue weighted by atomic mass is 16.3. The average Bonchev–Trinajstić information content (AvgIpc) is 2.51. The zero-order chi connectivity index (χ0) is 11.4. The van der Waals surface area contributed by atoms with Gasteiger partial charge in [0.05, 0.1) is 12.6 Å². The van der Waals surface area contributed by atoms with E-state index in [0.29, 0.717) is 18.2 Å². The smallest absolute Gasteiger partial charge is 0.177 e. The quantitative estimate of drug-likeness (QED) is 0.787. The lowest BCUT2D eigenvalue weighted by Gasteiger charge is -2.10. The number of rotatable bonds is 5. The van der Waals surface area contributed by atoms with Crippen molar-refractivity contribution in [2.45, 2.75) is 46.8 Å². The van der Waals surface area contributed by atoms with Crippen molar-refractivity contribution in [3.63, 3.8) is 0 Å². The van der Waals surface area contributed by atoms with Crippen LogP contribution in [0.5, 0.6) is 0 Å². The van der Waals surface area contributed by atoms with Crippen molar-refractivity contribution >= 4 is 0 Å². The lowest BCUT2D eigenvalue weighted by atomic mass is 10.0. The van der Waals surface area contributed by atoms with Crippen LogP contribution in [0.1, 0.15) is 33.5 Å². The molecule has 1 N–H and O–H groups in total. The summed E-state index contributed by atoms with van der Waals surface area (Å²) in [5.74, 6) is 1.35. The molecule has 1 aromatic rings. The molecule has 0 aliphatic carbocycles. The van der Waals surface area contributed by atoms with Gasteiger partial charge in [-0.1, -0.05) is 27.7 Å². The van der Waals surface area contributed by atoms with Gasteiger partial charge in [0.25, 0.3) is 0 Å². The van der Waals surface area contributed by atoms with E-state index in [1.165, 1.54) is 0 Å². The second kappa shape index (κ2) is 5.21. The van der Waals surface area contributed by atoms with Crippen LogP contribution in [0.3, 0.4) is 0 Å². The van der Waals surface area contributed by atoms with E-state index in [1.807, 2.05) is 13.8 Å². The van der Waals surface area contributed by atoms with Crippen molar-refractivity contribution in [3.8, 4) is 0 Å². The number of hydrogen-bond donors (Lipinski definition) is 1. The van der Waals surface area contributed by atoms with E-state index in [1.54, 1.807) is 4.80 Å². The Bertz CT molecular complexity index is 295. The standard InChI is InChI=1S/C10H20N4O/c1-7(2)6-14-12-10(11-13-14)5-9(15)8(3)4/h7-9,15H,5-6H2,1-4H3. The molecule has 1 rings (SSSR count). The summed E-state index contributed by atoms with van der Waals surface area (Å²) < 4.78 is 0. The Hall–Kier alpha value is -0.970. The molecule has 0 bridgehead atoms. The first-order valence-corrected chi connectivity index (χ1v) is 5.43. The van der Waals surface area contributed by atoms with Crippen molar-refractivity contribution in [1.29, 1.82) is 0 Å². The minimum Gasteiger partial charge on any atom is -0.392 e. The van der Waals surface area contributed by atoms with Crippen LogP contribution < -0.4 is 0 Å². The van der Waals surface area contributed by atoms with E-state index in [-0.39, 0.29) is 12.0 Å². The van der Waals surface area contributed by atoms with Crippen molar-refractivity contribution in [2.24, 2.45) is 11.8 Å². The third-order valence-corrected chi connectivity index (χ3v) is 2.18. The van der Waals surface area contributed by atoms with Gasteiger partial charge in [-0.05, 0) is 17.0 Å². The first-order valence-electron chi connectivity index (χ1n) is 5.43. The van der Waals surface area contributed by atoms with Crippen LogP contribution in [0, 0.1) is 11.8 Å². The zero-order valence-corrected chi connectivity index (χ0v) is 9.88. The zero-order valence-electron chi connectivity index (χ0n) is 9.88. The molecule has 0 spiro atoms. The average molecular weight is 212 g/mol. The van der Waals surface area contributed by atoms with Gasteiger partial charge in [-0.15, -0.1) is 10.2 Å². The summed E-state index contributed by atoms with van der Waals surface area (Å²) in [5.41, 5.74) is 0. The summed E-state index contributed by atoms with van der Waals surface area (Å²) in [6, 6.07) is 0. The van der Waals surface area contributed by atoms with Crippen molar-refractivity contribution in [1.82, 2.24) is 20.2 Å². The van der Waals surface area contributed by atoms with Gasteiger partial charge in [0.2, 0.25) is 0 Å². The van der Waals surface area contributed by atoms with Gasteiger partial charge in [0, 0.05) is 6.42 Å². The second-order valence-corrected chi connectivity index (χ2v) is 4.67. The predicted molar refractivity (Wildman–Crippen MR) is 57.2 cm³/mol. The van der Waals surface area contributed by atoms with E-state index in [9.17, 15) is 5.11 Å². The number of nitrogens with zero attached hydrogens (tertiary/aromatic N) is 4. The van der Waals surface area contributed by atoms with E-state index >= 15 is 0 Å². The van der Waals surface area contributed by atoms with Crippen LogP contribution in [-0.4, -0.2) is 31.4 Å². The molecular weight excluding hydrogens is 192 g/mol. The molecule has 0 fully saturated rings. The largest absolute Gasteiger partial charge is 0.392 e. The molecule has 1 aromatic heterocycles. The molecule has 0 saturated carbocycles. The Morgan fingerprint density at radius 3 is 2.47 bits per heavy atom. The van der Waals surface area contributed by atoms with E-state index < -0.39 is 0 Å².